The van der Waals surface area contributed by atoms with Crippen LogP contribution in [0.3, 0.4) is 0 Å². The summed E-state index contributed by atoms with van der Waals surface area (Å²) in [7, 11) is 8.48. The van der Waals surface area contributed by atoms with Gasteiger partial charge in [-0.05, 0) is 24.3 Å². The van der Waals surface area contributed by atoms with E-state index in [-0.39, 0.29) is 0 Å². The summed E-state index contributed by atoms with van der Waals surface area (Å²) in [5, 5.41) is 0.875. The molecule has 3 rings (SSSR count). The summed E-state index contributed by atoms with van der Waals surface area (Å²) < 4.78 is 21.6. The van der Waals surface area contributed by atoms with E-state index in [4.69, 9.17) is 18.9 Å². The van der Waals surface area contributed by atoms with E-state index in [1.54, 1.807) is 34.8 Å². The van der Waals surface area contributed by atoms with Gasteiger partial charge in [-0.3, -0.25) is 0 Å². The van der Waals surface area contributed by atoms with Crippen LogP contribution in [0.15, 0.2) is 36.7 Å². The maximum Gasteiger partial charge on any atom is 0.162 e. The fourth-order valence-corrected chi connectivity index (χ4v) is 3.01. The second-order valence-corrected chi connectivity index (χ2v) is 5.96. The lowest BCUT2D eigenvalue weighted by Crippen LogP contribution is -2.19. The second-order valence-electron chi connectivity index (χ2n) is 5.96. The Kier molecular flexibility index (Phi) is 5.49. The van der Waals surface area contributed by atoms with Gasteiger partial charge in [0.25, 0.3) is 0 Å². The third kappa shape index (κ3) is 3.67. The Morgan fingerprint density at radius 1 is 0.815 bits per heavy atom. The number of anilines is 1. The molecule has 0 aliphatic carbocycles. The Hall–Kier alpha value is -3.22. The lowest BCUT2D eigenvalue weighted by atomic mass is 10.1. The number of hydrogen-bond donors (Lipinski definition) is 0. The molecular weight excluding hydrogens is 346 g/mol. The van der Waals surface area contributed by atoms with E-state index in [9.17, 15) is 0 Å². The molecule has 0 saturated carbocycles. The molecule has 7 heteroatoms. The Morgan fingerprint density at radius 3 is 2.19 bits per heavy atom. The summed E-state index contributed by atoms with van der Waals surface area (Å²) in [5.41, 5.74) is 1.77. The van der Waals surface area contributed by atoms with Crippen LogP contribution >= 0.6 is 0 Å². The van der Waals surface area contributed by atoms with Gasteiger partial charge in [0.1, 0.15) is 23.6 Å². The predicted molar refractivity (Wildman–Crippen MR) is 104 cm³/mol. The molecule has 0 amide bonds. The molecule has 0 atom stereocenters. The van der Waals surface area contributed by atoms with Crippen LogP contribution in [0.1, 0.15) is 5.56 Å². The summed E-state index contributed by atoms with van der Waals surface area (Å²) in [6.07, 6.45) is 1.54. The molecular formula is C20H23N3O4. The maximum atomic E-state index is 5.48. The van der Waals surface area contributed by atoms with Gasteiger partial charge in [0.2, 0.25) is 0 Å². The smallest absolute Gasteiger partial charge is 0.162 e. The van der Waals surface area contributed by atoms with Crippen molar-refractivity contribution in [2.45, 2.75) is 6.54 Å². The normalized spacial score (nSPS) is 10.6. The first kappa shape index (κ1) is 18.6. The Balaban J connectivity index is 2.02. The third-order valence-corrected chi connectivity index (χ3v) is 4.38. The van der Waals surface area contributed by atoms with Gasteiger partial charge in [-0.25, -0.2) is 9.97 Å². The number of ether oxygens (including phenoxy) is 4. The molecule has 0 aliphatic rings. The highest BCUT2D eigenvalue weighted by molar-refractivity contribution is 5.91. The van der Waals surface area contributed by atoms with Crippen molar-refractivity contribution >= 4 is 16.7 Å². The monoisotopic (exact) mass is 369 g/mol. The lowest BCUT2D eigenvalue weighted by Gasteiger charge is -2.22. The number of methoxy groups -OCH3 is 4. The van der Waals surface area contributed by atoms with E-state index < -0.39 is 0 Å². The van der Waals surface area contributed by atoms with Gasteiger partial charge in [0.15, 0.2) is 11.5 Å². The largest absolute Gasteiger partial charge is 0.497 e. The van der Waals surface area contributed by atoms with E-state index in [2.05, 4.69) is 9.97 Å². The first-order chi connectivity index (χ1) is 13.1. The van der Waals surface area contributed by atoms with Gasteiger partial charge < -0.3 is 23.8 Å². The zero-order valence-electron chi connectivity index (χ0n) is 16.1. The summed E-state index contributed by atoms with van der Waals surface area (Å²) in [4.78, 5) is 10.9. The molecule has 3 aromatic rings. The van der Waals surface area contributed by atoms with E-state index in [1.807, 2.05) is 42.3 Å². The van der Waals surface area contributed by atoms with Gasteiger partial charge in [0.05, 0.1) is 34.0 Å². The molecule has 7 nitrogen and oxygen atoms in total. The quantitative estimate of drug-likeness (QED) is 0.633. The van der Waals surface area contributed by atoms with E-state index in [0.717, 1.165) is 33.8 Å². The molecule has 0 unspecified atom stereocenters. The minimum absolute atomic E-state index is 0.584. The molecule has 0 fully saturated rings. The summed E-state index contributed by atoms with van der Waals surface area (Å²) in [6, 6.07) is 9.47. The number of hydrogen-bond acceptors (Lipinski definition) is 7. The van der Waals surface area contributed by atoms with Crippen LogP contribution in [0.25, 0.3) is 10.9 Å². The third-order valence-electron chi connectivity index (χ3n) is 4.38. The van der Waals surface area contributed by atoms with E-state index in [0.29, 0.717) is 18.0 Å². The van der Waals surface area contributed by atoms with E-state index >= 15 is 0 Å². The van der Waals surface area contributed by atoms with Gasteiger partial charge >= 0.3 is 0 Å². The van der Waals surface area contributed by atoms with Crippen LogP contribution < -0.4 is 23.8 Å². The highest BCUT2D eigenvalue weighted by Gasteiger charge is 2.15. The first-order valence-corrected chi connectivity index (χ1v) is 8.40. The number of aromatic nitrogens is 2. The maximum absolute atomic E-state index is 5.48. The van der Waals surface area contributed by atoms with Crippen LogP contribution in [0, 0.1) is 0 Å². The Morgan fingerprint density at radius 2 is 1.52 bits per heavy atom. The fourth-order valence-electron chi connectivity index (χ4n) is 3.01. The molecule has 0 N–H and O–H groups in total. The van der Waals surface area contributed by atoms with Crippen LogP contribution in [0.2, 0.25) is 0 Å². The predicted octanol–water partition coefficient (Wildman–Crippen LogP) is 3.30. The SMILES string of the molecule is COc1ccc(OC)c(CN(C)c2ncnc3cc(OC)c(OC)cc23)c1. The van der Waals surface area contributed by atoms with E-state index in [1.165, 1.54) is 0 Å². The van der Waals surface area contributed by atoms with Crippen molar-refractivity contribution in [2.75, 3.05) is 40.4 Å². The zero-order valence-corrected chi connectivity index (χ0v) is 16.1. The minimum atomic E-state index is 0.584. The average molecular weight is 369 g/mol. The van der Waals surface area contributed by atoms with Crippen molar-refractivity contribution in [3.05, 3.63) is 42.2 Å². The number of nitrogens with zero attached hydrogens (tertiary/aromatic N) is 3. The molecule has 0 bridgehead atoms. The molecule has 0 spiro atoms. The van der Waals surface area contributed by atoms with Crippen molar-refractivity contribution in [3.8, 4) is 23.0 Å². The highest BCUT2D eigenvalue weighted by atomic mass is 16.5. The summed E-state index contributed by atoms with van der Waals surface area (Å²) in [6.45, 7) is 0.584. The van der Waals surface area contributed by atoms with Gasteiger partial charge in [0, 0.05) is 30.6 Å². The topological polar surface area (TPSA) is 65.9 Å². The summed E-state index contributed by atoms with van der Waals surface area (Å²) in [5.74, 6) is 3.62. The molecule has 1 aromatic heterocycles. The second kappa shape index (κ2) is 7.99. The lowest BCUT2D eigenvalue weighted by molar-refractivity contribution is 0.356. The molecule has 0 aliphatic heterocycles. The number of rotatable bonds is 7. The van der Waals surface area contributed by atoms with Crippen molar-refractivity contribution < 1.29 is 18.9 Å². The molecule has 142 valence electrons. The molecule has 0 saturated heterocycles. The van der Waals surface area contributed by atoms with Crippen LogP contribution in [-0.4, -0.2) is 45.5 Å². The van der Waals surface area contributed by atoms with Crippen molar-refractivity contribution in [3.63, 3.8) is 0 Å². The van der Waals surface area contributed by atoms with Crippen molar-refractivity contribution in [2.24, 2.45) is 0 Å². The summed E-state index contributed by atoms with van der Waals surface area (Å²) >= 11 is 0. The number of benzene rings is 2. The molecule has 0 radical (unpaired) electrons. The van der Waals surface area contributed by atoms with Crippen LogP contribution in [-0.2, 0) is 6.54 Å². The molecule has 2 aromatic carbocycles. The number of fused-ring (bicyclic) bond motifs is 1. The van der Waals surface area contributed by atoms with Gasteiger partial charge in [-0.2, -0.15) is 0 Å². The minimum Gasteiger partial charge on any atom is -0.497 e. The Bertz CT molecular complexity index is 946. The first-order valence-electron chi connectivity index (χ1n) is 8.40. The molecule has 27 heavy (non-hydrogen) atoms. The van der Waals surface area contributed by atoms with Crippen LogP contribution in [0.4, 0.5) is 5.82 Å². The van der Waals surface area contributed by atoms with Crippen molar-refractivity contribution in [1.29, 1.82) is 0 Å². The van der Waals surface area contributed by atoms with Gasteiger partial charge in [-0.15, -0.1) is 0 Å². The average Bonchev–Trinajstić information content (AvgIpc) is 2.71. The molecule has 1 heterocycles. The van der Waals surface area contributed by atoms with Crippen LogP contribution in [0.5, 0.6) is 23.0 Å². The van der Waals surface area contributed by atoms with Gasteiger partial charge in [-0.1, -0.05) is 0 Å². The fraction of sp³-hybridized carbons (Fsp3) is 0.300. The standard InChI is InChI=1S/C20H23N3O4/c1-23(11-13-8-14(24-2)6-7-17(13)25-3)20-15-9-18(26-4)19(27-5)10-16(15)21-12-22-20/h6-10,12H,11H2,1-5H3. The van der Waals surface area contributed by atoms with Crippen molar-refractivity contribution in [1.82, 2.24) is 9.97 Å². The Labute approximate surface area is 158 Å². The highest BCUT2D eigenvalue weighted by Crippen LogP contribution is 2.35. The zero-order chi connectivity index (χ0) is 19.4.